The molecule has 4 heteroatoms. The van der Waals surface area contributed by atoms with Gasteiger partial charge in [0.2, 0.25) is 0 Å². The van der Waals surface area contributed by atoms with E-state index in [4.69, 9.17) is 0 Å². The fourth-order valence-corrected chi connectivity index (χ4v) is 1.94. The van der Waals surface area contributed by atoms with Crippen LogP contribution in [0.15, 0.2) is 41.1 Å². The van der Waals surface area contributed by atoms with Gasteiger partial charge >= 0.3 is 0 Å². The summed E-state index contributed by atoms with van der Waals surface area (Å²) < 4.78 is 1.09. The summed E-state index contributed by atoms with van der Waals surface area (Å²) in [6, 6.07) is 8.72. The molecule has 0 bridgehead atoms. The molecule has 0 saturated carbocycles. The summed E-state index contributed by atoms with van der Waals surface area (Å²) in [5, 5.41) is 3.35. The predicted octanol–water partition coefficient (Wildman–Crippen LogP) is 3.33. The number of nitrogens with zero attached hydrogens (tertiary/aromatic N) is 2. The number of benzene rings is 1. The monoisotopic (exact) mass is 319 g/mol. The largest absolute Gasteiger partial charge is 0.310 e. The van der Waals surface area contributed by atoms with Gasteiger partial charge in [-0.3, -0.25) is 0 Å². The predicted molar refractivity (Wildman–Crippen MR) is 81.0 cm³/mol. The first-order chi connectivity index (χ1) is 9.13. The van der Waals surface area contributed by atoms with Crippen molar-refractivity contribution in [2.24, 2.45) is 0 Å². The average Bonchev–Trinajstić information content (AvgIpc) is 2.40. The molecule has 0 atom stereocenters. The van der Waals surface area contributed by atoms with E-state index in [9.17, 15) is 0 Å². The number of aromatic nitrogens is 2. The Morgan fingerprint density at radius 2 is 1.68 bits per heavy atom. The minimum Gasteiger partial charge on any atom is -0.310 e. The van der Waals surface area contributed by atoms with Crippen molar-refractivity contribution in [1.29, 1.82) is 0 Å². The van der Waals surface area contributed by atoms with E-state index in [1.807, 2.05) is 24.5 Å². The molecule has 0 amide bonds. The summed E-state index contributed by atoms with van der Waals surface area (Å²) in [7, 11) is 0. The summed E-state index contributed by atoms with van der Waals surface area (Å²) >= 11 is 3.43. The Bertz CT molecular complexity index is 506. The first kappa shape index (κ1) is 14.2. The Kier molecular flexibility index (Phi) is 5.05. The van der Waals surface area contributed by atoms with Crippen molar-refractivity contribution in [3.05, 3.63) is 58.1 Å². The van der Waals surface area contributed by atoms with Crippen molar-refractivity contribution in [3.63, 3.8) is 0 Å². The fraction of sp³-hybridized carbons (Fsp3) is 0.333. The smallest absolute Gasteiger partial charge is 0.132 e. The first-order valence-corrected chi connectivity index (χ1v) is 7.20. The zero-order valence-electron chi connectivity index (χ0n) is 11.2. The van der Waals surface area contributed by atoms with Crippen LogP contribution in [0.4, 0.5) is 0 Å². The van der Waals surface area contributed by atoms with Crippen LogP contribution in [0.2, 0.25) is 0 Å². The summed E-state index contributed by atoms with van der Waals surface area (Å²) in [5.41, 5.74) is 2.34. The lowest BCUT2D eigenvalue weighted by Crippen LogP contribution is -2.22. The molecule has 3 nitrogen and oxygen atoms in total. The van der Waals surface area contributed by atoms with Crippen LogP contribution in [0, 0.1) is 0 Å². The minimum absolute atomic E-state index is 0.474. The third kappa shape index (κ3) is 4.73. The van der Waals surface area contributed by atoms with Gasteiger partial charge in [-0.05, 0) is 17.7 Å². The zero-order valence-corrected chi connectivity index (χ0v) is 12.8. The maximum atomic E-state index is 4.41. The Balaban J connectivity index is 1.96. The van der Waals surface area contributed by atoms with Crippen LogP contribution in [-0.2, 0) is 13.0 Å². The maximum Gasteiger partial charge on any atom is 0.132 e. The number of hydrogen-bond donors (Lipinski definition) is 1. The van der Waals surface area contributed by atoms with Gasteiger partial charge in [-0.1, -0.05) is 41.9 Å². The van der Waals surface area contributed by atoms with Crippen LogP contribution in [0.1, 0.15) is 30.8 Å². The molecule has 0 unspecified atom stereocenters. The average molecular weight is 320 g/mol. The highest BCUT2D eigenvalue weighted by Crippen LogP contribution is 2.12. The van der Waals surface area contributed by atoms with Crippen molar-refractivity contribution in [3.8, 4) is 0 Å². The zero-order chi connectivity index (χ0) is 13.7. The van der Waals surface area contributed by atoms with Gasteiger partial charge in [0.15, 0.2) is 0 Å². The Hall–Kier alpha value is -1.26. The highest BCUT2D eigenvalue weighted by atomic mass is 79.9. The molecule has 0 radical (unpaired) electrons. The third-order valence-corrected chi connectivity index (χ3v) is 3.28. The van der Waals surface area contributed by atoms with Crippen LogP contribution in [0.3, 0.4) is 0 Å². The summed E-state index contributed by atoms with van der Waals surface area (Å²) in [5.74, 6) is 0.857. The van der Waals surface area contributed by atoms with Gasteiger partial charge in [-0.15, -0.1) is 0 Å². The van der Waals surface area contributed by atoms with Crippen molar-refractivity contribution < 1.29 is 0 Å². The topological polar surface area (TPSA) is 37.8 Å². The SMILES string of the molecule is CC(C)NCc1cnc(Cc2ccc(Br)cc2)nc1. The van der Waals surface area contributed by atoms with Gasteiger partial charge < -0.3 is 5.32 Å². The fourth-order valence-electron chi connectivity index (χ4n) is 1.67. The molecule has 19 heavy (non-hydrogen) atoms. The molecule has 0 fully saturated rings. The van der Waals surface area contributed by atoms with E-state index in [2.05, 4.69) is 57.2 Å². The molecule has 1 aromatic carbocycles. The highest BCUT2D eigenvalue weighted by molar-refractivity contribution is 9.10. The van der Waals surface area contributed by atoms with Gasteiger partial charge in [0, 0.05) is 41.4 Å². The Morgan fingerprint density at radius 1 is 1.05 bits per heavy atom. The van der Waals surface area contributed by atoms with Crippen molar-refractivity contribution in [2.75, 3.05) is 0 Å². The molecule has 1 N–H and O–H groups in total. The highest BCUT2D eigenvalue weighted by Gasteiger charge is 2.01. The number of nitrogens with one attached hydrogen (secondary N) is 1. The van der Waals surface area contributed by atoms with E-state index in [-0.39, 0.29) is 0 Å². The molecular formula is C15H18BrN3. The van der Waals surface area contributed by atoms with E-state index in [0.29, 0.717) is 6.04 Å². The quantitative estimate of drug-likeness (QED) is 0.918. The van der Waals surface area contributed by atoms with Crippen LogP contribution < -0.4 is 5.32 Å². The standard InChI is InChI=1S/C15H18BrN3/c1-11(2)17-8-13-9-18-15(19-10-13)7-12-3-5-14(16)6-4-12/h3-6,9-11,17H,7-8H2,1-2H3. The van der Waals surface area contributed by atoms with Crippen LogP contribution in [0.25, 0.3) is 0 Å². The lowest BCUT2D eigenvalue weighted by molar-refractivity contribution is 0.586. The second kappa shape index (κ2) is 6.78. The van der Waals surface area contributed by atoms with Gasteiger partial charge in [-0.25, -0.2) is 9.97 Å². The van der Waals surface area contributed by atoms with Crippen LogP contribution in [0.5, 0.6) is 0 Å². The third-order valence-electron chi connectivity index (χ3n) is 2.75. The van der Waals surface area contributed by atoms with Gasteiger partial charge in [0.25, 0.3) is 0 Å². The van der Waals surface area contributed by atoms with Crippen molar-refractivity contribution in [2.45, 2.75) is 32.9 Å². The van der Waals surface area contributed by atoms with Crippen molar-refractivity contribution in [1.82, 2.24) is 15.3 Å². The molecule has 100 valence electrons. The van der Waals surface area contributed by atoms with Crippen molar-refractivity contribution >= 4 is 15.9 Å². The molecule has 0 spiro atoms. The summed E-state index contributed by atoms with van der Waals surface area (Å²) in [6.07, 6.45) is 4.57. The second-order valence-electron chi connectivity index (χ2n) is 4.85. The maximum absolute atomic E-state index is 4.41. The van der Waals surface area contributed by atoms with E-state index >= 15 is 0 Å². The molecule has 2 aromatic rings. The Labute approximate surface area is 122 Å². The van der Waals surface area contributed by atoms with E-state index in [1.54, 1.807) is 0 Å². The molecule has 1 heterocycles. The lowest BCUT2D eigenvalue weighted by atomic mass is 10.1. The summed E-state index contributed by atoms with van der Waals surface area (Å²) in [4.78, 5) is 8.82. The molecule has 2 rings (SSSR count). The van der Waals surface area contributed by atoms with Crippen LogP contribution >= 0.6 is 15.9 Å². The number of hydrogen-bond acceptors (Lipinski definition) is 3. The van der Waals surface area contributed by atoms with E-state index in [1.165, 1.54) is 5.56 Å². The van der Waals surface area contributed by atoms with Gasteiger partial charge in [-0.2, -0.15) is 0 Å². The second-order valence-corrected chi connectivity index (χ2v) is 5.76. The number of halogens is 1. The van der Waals surface area contributed by atoms with Crippen LogP contribution in [-0.4, -0.2) is 16.0 Å². The van der Waals surface area contributed by atoms with E-state index < -0.39 is 0 Å². The molecule has 1 aromatic heterocycles. The van der Waals surface area contributed by atoms with Gasteiger partial charge in [0.1, 0.15) is 5.82 Å². The molecular weight excluding hydrogens is 302 g/mol. The number of rotatable bonds is 5. The molecule has 0 aliphatic rings. The molecule has 0 aliphatic carbocycles. The lowest BCUT2D eigenvalue weighted by Gasteiger charge is -2.07. The Morgan fingerprint density at radius 3 is 2.26 bits per heavy atom. The molecule has 0 aliphatic heterocycles. The summed E-state index contributed by atoms with van der Waals surface area (Å²) in [6.45, 7) is 5.07. The normalized spacial score (nSPS) is 10.9. The van der Waals surface area contributed by atoms with Gasteiger partial charge in [0.05, 0.1) is 0 Å². The minimum atomic E-state index is 0.474. The van der Waals surface area contributed by atoms with E-state index in [0.717, 1.165) is 28.8 Å². The first-order valence-electron chi connectivity index (χ1n) is 6.41. The molecule has 0 saturated heterocycles.